The molecule has 0 unspecified atom stereocenters. The fraction of sp³-hybridized carbons (Fsp3) is 0.438. The van der Waals surface area contributed by atoms with Gasteiger partial charge in [0.1, 0.15) is 5.60 Å². The topological polar surface area (TPSA) is 102 Å². The van der Waals surface area contributed by atoms with E-state index in [2.05, 4.69) is 17.2 Å². The first kappa shape index (κ1) is 18.5. The number of nitro benzene ring substituents is 1. The summed E-state index contributed by atoms with van der Waals surface area (Å²) in [5.74, 6) is 5.60. The van der Waals surface area contributed by atoms with Gasteiger partial charge >= 0.3 is 6.09 Å². The van der Waals surface area contributed by atoms with Crippen molar-refractivity contribution in [3.63, 3.8) is 0 Å². The molecule has 0 radical (unpaired) electrons. The van der Waals surface area contributed by atoms with E-state index in [0.717, 1.165) is 0 Å². The van der Waals surface area contributed by atoms with E-state index in [1.165, 1.54) is 12.1 Å². The average molecular weight is 320 g/mol. The number of nitro groups is 1. The molecule has 0 aromatic heterocycles. The third-order valence-corrected chi connectivity index (χ3v) is 2.60. The smallest absolute Gasteiger partial charge is 0.407 e. The molecule has 7 nitrogen and oxygen atoms in total. The number of aliphatic hydroxyl groups is 1. The molecule has 0 atom stereocenters. The number of rotatable bonds is 4. The molecule has 0 aliphatic heterocycles. The van der Waals surface area contributed by atoms with E-state index < -0.39 is 23.2 Å². The lowest BCUT2D eigenvalue weighted by molar-refractivity contribution is -0.385. The Hall–Kier alpha value is -2.59. The lowest BCUT2D eigenvalue weighted by Crippen LogP contribution is -2.32. The first-order valence-corrected chi connectivity index (χ1v) is 7.07. The summed E-state index contributed by atoms with van der Waals surface area (Å²) in [6, 6.07) is 4.40. The number of hydrogen-bond donors (Lipinski definition) is 2. The van der Waals surface area contributed by atoms with Crippen LogP contribution < -0.4 is 5.32 Å². The van der Waals surface area contributed by atoms with E-state index in [9.17, 15) is 14.9 Å². The monoisotopic (exact) mass is 320 g/mol. The van der Waals surface area contributed by atoms with Crippen molar-refractivity contribution in [3.8, 4) is 11.8 Å². The molecule has 2 N–H and O–H groups in total. The highest BCUT2D eigenvalue weighted by Crippen LogP contribution is 2.19. The number of aliphatic hydroxyl groups excluding tert-OH is 1. The van der Waals surface area contributed by atoms with Gasteiger partial charge in [0, 0.05) is 24.6 Å². The zero-order valence-corrected chi connectivity index (χ0v) is 13.4. The van der Waals surface area contributed by atoms with E-state index in [-0.39, 0.29) is 11.3 Å². The van der Waals surface area contributed by atoms with Gasteiger partial charge in [0.25, 0.3) is 5.69 Å². The minimum atomic E-state index is -0.555. The van der Waals surface area contributed by atoms with Gasteiger partial charge in [-0.25, -0.2) is 4.79 Å². The molecular weight excluding hydrogens is 300 g/mol. The van der Waals surface area contributed by atoms with Gasteiger partial charge in [0.05, 0.1) is 17.1 Å². The van der Waals surface area contributed by atoms with Crippen LogP contribution in [0.2, 0.25) is 0 Å². The molecule has 124 valence electrons. The predicted molar refractivity (Wildman–Crippen MR) is 84.8 cm³/mol. The lowest BCUT2D eigenvalue weighted by Gasteiger charge is -2.19. The quantitative estimate of drug-likeness (QED) is 0.384. The molecular formula is C16H20N2O5. The number of carbonyl (C=O) groups excluding carboxylic acids is 1. The maximum absolute atomic E-state index is 11.4. The summed E-state index contributed by atoms with van der Waals surface area (Å²) in [5.41, 5.74) is 0.00728. The van der Waals surface area contributed by atoms with E-state index in [1.807, 2.05) is 0 Å². The second kappa shape index (κ2) is 8.15. The van der Waals surface area contributed by atoms with Gasteiger partial charge in [0.2, 0.25) is 0 Å². The Kier molecular flexibility index (Phi) is 6.54. The van der Waals surface area contributed by atoms with Gasteiger partial charge in [0.15, 0.2) is 0 Å². The average Bonchev–Trinajstić information content (AvgIpc) is 2.44. The zero-order valence-electron chi connectivity index (χ0n) is 13.4. The molecule has 23 heavy (non-hydrogen) atoms. The standard InChI is InChI=1S/C16H20N2O5/c1-16(2,3)23-15(20)17-9-5-4-6-12-7-8-13(11-19)14(10-12)18(21)22/h7-8,10,19H,5,9,11H2,1-3H3,(H,17,20). The minimum absolute atomic E-state index is 0.161. The Balaban J connectivity index is 2.56. The molecule has 0 heterocycles. The fourth-order valence-corrected chi connectivity index (χ4v) is 1.65. The van der Waals surface area contributed by atoms with Crippen molar-refractivity contribution in [1.29, 1.82) is 0 Å². The lowest BCUT2D eigenvalue weighted by atomic mass is 10.1. The van der Waals surface area contributed by atoms with Gasteiger partial charge in [-0.2, -0.15) is 0 Å². The van der Waals surface area contributed by atoms with Gasteiger partial charge in [-0.3, -0.25) is 10.1 Å². The number of alkyl carbamates (subject to hydrolysis) is 1. The van der Waals surface area contributed by atoms with Crippen LogP contribution in [0.15, 0.2) is 18.2 Å². The van der Waals surface area contributed by atoms with Crippen LogP contribution in [0.3, 0.4) is 0 Å². The van der Waals surface area contributed by atoms with Gasteiger partial charge in [-0.15, -0.1) is 0 Å². The Morgan fingerprint density at radius 2 is 2.13 bits per heavy atom. The second-order valence-electron chi connectivity index (χ2n) is 5.74. The third-order valence-electron chi connectivity index (χ3n) is 2.60. The van der Waals surface area contributed by atoms with Crippen LogP contribution in [0.25, 0.3) is 0 Å². The maximum atomic E-state index is 11.4. The number of nitrogens with one attached hydrogen (secondary N) is 1. The van der Waals surface area contributed by atoms with E-state index in [4.69, 9.17) is 9.84 Å². The van der Waals surface area contributed by atoms with E-state index in [0.29, 0.717) is 18.5 Å². The fourth-order valence-electron chi connectivity index (χ4n) is 1.65. The molecule has 0 saturated heterocycles. The normalized spacial score (nSPS) is 10.4. The number of benzene rings is 1. The van der Waals surface area contributed by atoms with Crippen molar-refractivity contribution in [3.05, 3.63) is 39.4 Å². The first-order chi connectivity index (χ1) is 10.7. The maximum Gasteiger partial charge on any atom is 0.407 e. The molecule has 0 saturated carbocycles. The summed E-state index contributed by atoms with van der Waals surface area (Å²) in [6.07, 6.45) is -0.128. The Bertz CT molecular complexity index is 638. The molecule has 1 rings (SSSR count). The Morgan fingerprint density at radius 1 is 1.43 bits per heavy atom. The minimum Gasteiger partial charge on any atom is -0.444 e. The second-order valence-corrected chi connectivity index (χ2v) is 5.74. The SMILES string of the molecule is CC(C)(C)OC(=O)NCCC#Cc1ccc(CO)c([N+](=O)[O-])c1. The van der Waals surface area contributed by atoms with Crippen LogP contribution in [0.4, 0.5) is 10.5 Å². The zero-order chi connectivity index (χ0) is 17.5. The number of carbonyl (C=O) groups is 1. The summed E-state index contributed by atoms with van der Waals surface area (Å²) in [6.45, 7) is 5.24. The molecule has 7 heteroatoms. The number of hydrogen-bond acceptors (Lipinski definition) is 5. The Morgan fingerprint density at radius 3 is 2.70 bits per heavy atom. The molecule has 1 aromatic carbocycles. The highest BCUT2D eigenvalue weighted by Gasteiger charge is 2.15. The molecule has 1 amide bonds. The molecule has 0 spiro atoms. The number of nitrogens with zero attached hydrogens (tertiary/aromatic N) is 1. The first-order valence-electron chi connectivity index (χ1n) is 7.07. The molecule has 0 bridgehead atoms. The Labute approximate surface area is 134 Å². The van der Waals surface area contributed by atoms with Crippen molar-refractivity contribution < 1.29 is 19.6 Å². The summed E-state index contributed by atoms with van der Waals surface area (Å²) < 4.78 is 5.07. The summed E-state index contributed by atoms with van der Waals surface area (Å²) >= 11 is 0. The summed E-state index contributed by atoms with van der Waals surface area (Å²) in [4.78, 5) is 21.7. The molecule has 1 aromatic rings. The van der Waals surface area contributed by atoms with Crippen molar-refractivity contribution in [1.82, 2.24) is 5.32 Å². The van der Waals surface area contributed by atoms with Crippen molar-refractivity contribution in [2.45, 2.75) is 39.4 Å². The highest BCUT2D eigenvalue weighted by atomic mass is 16.6. The van der Waals surface area contributed by atoms with Crippen LogP contribution in [-0.2, 0) is 11.3 Å². The summed E-state index contributed by atoms with van der Waals surface area (Å²) in [7, 11) is 0. The number of ether oxygens (including phenoxy) is 1. The highest BCUT2D eigenvalue weighted by molar-refractivity contribution is 5.67. The van der Waals surface area contributed by atoms with Crippen LogP contribution in [0.1, 0.15) is 38.3 Å². The van der Waals surface area contributed by atoms with Crippen LogP contribution in [-0.4, -0.2) is 28.3 Å². The van der Waals surface area contributed by atoms with Gasteiger partial charge < -0.3 is 15.2 Å². The van der Waals surface area contributed by atoms with Crippen LogP contribution in [0.5, 0.6) is 0 Å². The molecule has 0 fully saturated rings. The van der Waals surface area contributed by atoms with Crippen LogP contribution >= 0.6 is 0 Å². The van der Waals surface area contributed by atoms with Crippen molar-refractivity contribution >= 4 is 11.8 Å². The molecule has 0 aliphatic rings. The largest absolute Gasteiger partial charge is 0.444 e. The summed E-state index contributed by atoms with van der Waals surface area (Å²) in [5, 5.41) is 22.5. The van der Waals surface area contributed by atoms with E-state index in [1.54, 1.807) is 26.8 Å². The van der Waals surface area contributed by atoms with E-state index >= 15 is 0 Å². The van der Waals surface area contributed by atoms with Crippen molar-refractivity contribution in [2.24, 2.45) is 0 Å². The third kappa shape index (κ3) is 6.80. The number of amides is 1. The van der Waals surface area contributed by atoms with Gasteiger partial charge in [-0.1, -0.05) is 11.8 Å². The predicted octanol–water partition coefficient (Wildman–Crippen LogP) is 2.35. The van der Waals surface area contributed by atoms with Crippen molar-refractivity contribution in [2.75, 3.05) is 6.54 Å². The van der Waals surface area contributed by atoms with Crippen LogP contribution in [0, 0.1) is 22.0 Å². The van der Waals surface area contributed by atoms with Gasteiger partial charge in [-0.05, 0) is 32.9 Å². The molecule has 0 aliphatic carbocycles.